The summed E-state index contributed by atoms with van der Waals surface area (Å²) >= 11 is 0. The number of benzene rings is 3. The molecule has 3 aromatic rings. The Hall–Kier alpha value is -2.96. The molecule has 0 aromatic heterocycles. The van der Waals surface area contributed by atoms with E-state index in [1.54, 1.807) is 0 Å². The van der Waals surface area contributed by atoms with Gasteiger partial charge in [0.05, 0.1) is 4.90 Å². The first-order chi connectivity index (χ1) is 13.4. The van der Waals surface area contributed by atoms with E-state index in [1.165, 1.54) is 24.3 Å². The Balaban J connectivity index is 1.60. The third-order valence-corrected chi connectivity index (χ3v) is 5.73. The van der Waals surface area contributed by atoms with Gasteiger partial charge in [-0.25, -0.2) is 13.1 Å². The van der Waals surface area contributed by atoms with Crippen molar-refractivity contribution in [2.24, 2.45) is 0 Å². The molecular weight excluding hydrogens is 372 g/mol. The Morgan fingerprint density at radius 3 is 2.04 bits per heavy atom. The number of carbonyl (C=O) groups excluding carboxylic acids is 1. The van der Waals surface area contributed by atoms with Crippen LogP contribution in [0.1, 0.15) is 27.0 Å². The topological polar surface area (TPSA) is 75.3 Å². The van der Waals surface area contributed by atoms with E-state index in [9.17, 15) is 13.2 Å². The van der Waals surface area contributed by atoms with Crippen LogP contribution in [-0.2, 0) is 23.1 Å². The highest BCUT2D eigenvalue weighted by atomic mass is 32.2. The van der Waals surface area contributed by atoms with Gasteiger partial charge in [-0.2, -0.15) is 0 Å². The molecule has 0 saturated carbocycles. The third-order valence-electron chi connectivity index (χ3n) is 4.31. The van der Waals surface area contributed by atoms with Crippen molar-refractivity contribution in [3.05, 3.63) is 101 Å². The molecule has 28 heavy (non-hydrogen) atoms. The molecule has 0 saturated heterocycles. The van der Waals surface area contributed by atoms with Gasteiger partial charge < -0.3 is 5.32 Å². The van der Waals surface area contributed by atoms with E-state index >= 15 is 0 Å². The number of aryl methyl sites for hydroxylation is 1. The SMILES string of the molecule is Cc1ccc(CNC(=O)c2ccc(S(=O)(=O)NCc3ccccc3)cc2)cc1. The van der Waals surface area contributed by atoms with Gasteiger partial charge in [-0.1, -0.05) is 60.2 Å². The molecular formula is C22H22N2O3S. The minimum Gasteiger partial charge on any atom is -0.348 e. The summed E-state index contributed by atoms with van der Waals surface area (Å²) in [6.45, 7) is 2.63. The van der Waals surface area contributed by atoms with Crippen LogP contribution in [0.5, 0.6) is 0 Å². The summed E-state index contributed by atoms with van der Waals surface area (Å²) in [7, 11) is -3.64. The number of nitrogens with one attached hydrogen (secondary N) is 2. The predicted octanol–water partition coefficient (Wildman–Crippen LogP) is 3.40. The third kappa shape index (κ3) is 5.28. The van der Waals surface area contributed by atoms with Crippen molar-refractivity contribution in [2.75, 3.05) is 0 Å². The van der Waals surface area contributed by atoms with Crippen LogP contribution in [0.15, 0.2) is 83.8 Å². The van der Waals surface area contributed by atoms with Crippen molar-refractivity contribution in [3.8, 4) is 0 Å². The monoisotopic (exact) mass is 394 g/mol. The molecule has 1 amide bonds. The van der Waals surface area contributed by atoms with Crippen molar-refractivity contribution < 1.29 is 13.2 Å². The first-order valence-electron chi connectivity index (χ1n) is 8.91. The molecule has 0 bridgehead atoms. The van der Waals surface area contributed by atoms with Gasteiger partial charge in [0.15, 0.2) is 0 Å². The van der Waals surface area contributed by atoms with Gasteiger partial charge in [-0.3, -0.25) is 4.79 Å². The fourth-order valence-corrected chi connectivity index (χ4v) is 3.65. The van der Waals surface area contributed by atoms with Crippen molar-refractivity contribution in [3.63, 3.8) is 0 Å². The number of carbonyl (C=O) groups is 1. The lowest BCUT2D eigenvalue weighted by molar-refractivity contribution is 0.0951. The molecule has 0 unspecified atom stereocenters. The molecule has 0 aliphatic carbocycles. The summed E-state index contributed by atoms with van der Waals surface area (Å²) in [4.78, 5) is 12.4. The maximum Gasteiger partial charge on any atom is 0.251 e. The molecule has 3 aromatic carbocycles. The van der Waals surface area contributed by atoms with Crippen molar-refractivity contribution in [1.82, 2.24) is 10.0 Å². The average Bonchev–Trinajstić information content (AvgIpc) is 2.72. The maximum atomic E-state index is 12.4. The zero-order chi connectivity index (χ0) is 20.0. The zero-order valence-electron chi connectivity index (χ0n) is 15.6. The summed E-state index contributed by atoms with van der Waals surface area (Å²) in [6.07, 6.45) is 0. The van der Waals surface area contributed by atoms with Gasteiger partial charge in [-0.05, 0) is 42.3 Å². The Morgan fingerprint density at radius 2 is 1.39 bits per heavy atom. The number of sulfonamides is 1. The van der Waals surface area contributed by atoms with Gasteiger partial charge in [0, 0.05) is 18.7 Å². The van der Waals surface area contributed by atoms with E-state index in [-0.39, 0.29) is 17.3 Å². The Bertz CT molecular complexity index is 1030. The minimum absolute atomic E-state index is 0.124. The van der Waals surface area contributed by atoms with Crippen LogP contribution >= 0.6 is 0 Å². The molecule has 0 radical (unpaired) electrons. The Morgan fingerprint density at radius 1 is 0.786 bits per heavy atom. The van der Waals surface area contributed by atoms with Gasteiger partial charge in [0.2, 0.25) is 10.0 Å². The maximum absolute atomic E-state index is 12.4. The second-order valence-corrected chi connectivity index (χ2v) is 8.27. The molecule has 0 aliphatic heterocycles. The normalized spacial score (nSPS) is 11.2. The van der Waals surface area contributed by atoms with Crippen LogP contribution in [-0.4, -0.2) is 14.3 Å². The summed E-state index contributed by atoms with van der Waals surface area (Å²) in [5.41, 5.74) is 3.45. The molecule has 0 atom stereocenters. The highest BCUT2D eigenvalue weighted by Gasteiger charge is 2.14. The van der Waals surface area contributed by atoms with Crippen LogP contribution in [0.3, 0.4) is 0 Å². The van der Waals surface area contributed by atoms with E-state index in [0.29, 0.717) is 12.1 Å². The Kier molecular flexibility index (Phi) is 6.23. The molecule has 0 aliphatic rings. The number of amides is 1. The van der Waals surface area contributed by atoms with Gasteiger partial charge in [-0.15, -0.1) is 0 Å². The van der Waals surface area contributed by atoms with Crippen LogP contribution in [0.25, 0.3) is 0 Å². The standard InChI is InChI=1S/C22H22N2O3S/c1-17-7-9-19(10-8-17)15-23-22(25)20-11-13-21(14-12-20)28(26,27)24-16-18-5-3-2-4-6-18/h2-14,24H,15-16H2,1H3,(H,23,25). The van der Waals surface area contributed by atoms with Crippen LogP contribution < -0.4 is 10.0 Å². The molecule has 3 rings (SSSR count). The van der Waals surface area contributed by atoms with E-state index in [2.05, 4.69) is 10.0 Å². The van der Waals surface area contributed by atoms with Crippen LogP contribution in [0.2, 0.25) is 0 Å². The molecule has 0 spiro atoms. The first kappa shape index (κ1) is 19.8. The lowest BCUT2D eigenvalue weighted by Gasteiger charge is -2.09. The summed E-state index contributed by atoms with van der Waals surface area (Å²) in [5.74, 6) is -0.248. The van der Waals surface area contributed by atoms with Gasteiger partial charge >= 0.3 is 0 Å². The second kappa shape index (κ2) is 8.82. The predicted molar refractivity (Wildman–Crippen MR) is 109 cm³/mol. The Labute approximate surface area is 165 Å². The largest absolute Gasteiger partial charge is 0.348 e. The molecule has 0 fully saturated rings. The fourth-order valence-electron chi connectivity index (χ4n) is 2.63. The van der Waals surface area contributed by atoms with Gasteiger partial charge in [0.1, 0.15) is 0 Å². The molecule has 5 nitrogen and oxygen atoms in total. The highest BCUT2D eigenvalue weighted by Crippen LogP contribution is 2.12. The van der Waals surface area contributed by atoms with Crippen LogP contribution in [0.4, 0.5) is 0 Å². The summed E-state index contributed by atoms with van der Waals surface area (Å²) < 4.78 is 27.4. The minimum atomic E-state index is -3.64. The number of rotatable bonds is 7. The lowest BCUT2D eigenvalue weighted by Crippen LogP contribution is -2.24. The summed E-state index contributed by atoms with van der Waals surface area (Å²) in [5, 5.41) is 2.84. The van der Waals surface area contributed by atoms with E-state index in [4.69, 9.17) is 0 Å². The quantitative estimate of drug-likeness (QED) is 0.645. The zero-order valence-corrected chi connectivity index (χ0v) is 16.4. The highest BCUT2D eigenvalue weighted by molar-refractivity contribution is 7.89. The fraction of sp³-hybridized carbons (Fsp3) is 0.136. The van der Waals surface area contributed by atoms with Crippen molar-refractivity contribution in [2.45, 2.75) is 24.9 Å². The average molecular weight is 394 g/mol. The van der Waals surface area contributed by atoms with E-state index in [0.717, 1.165) is 16.7 Å². The van der Waals surface area contributed by atoms with E-state index in [1.807, 2.05) is 61.5 Å². The molecule has 2 N–H and O–H groups in total. The van der Waals surface area contributed by atoms with Crippen molar-refractivity contribution >= 4 is 15.9 Å². The molecule has 144 valence electrons. The lowest BCUT2D eigenvalue weighted by atomic mass is 10.1. The number of hydrogen-bond donors (Lipinski definition) is 2. The summed E-state index contributed by atoms with van der Waals surface area (Å²) in [6, 6.07) is 23.1. The van der Waals surface area contributed by atoms with E-state index < -0.39 is 10.0 Å². The smallest absolute Gasteiger partial charge is 0.251 e. The molecule has 6 heteroatoms. The second-order valence-electron chi connectivity index (χ2n) is 6.50. The molecule has 0 heterocycles. The van der Waals surface area contributed by atoms with Gasteiger partial charge in [0.25, 0.3) is 5.91 Å². The number of hydrogen-bond acceptors (Lipinski definition) is 3. The van der Waals surface area contributed by atoms with Crippen LogP contribution in [0, 0.1) is 6.92 Å². The van der Waals surface area contributed by atoms with Crippen molar-refractivity contribution in [1.29, 1.82) is 0 Å². The first-order valence-corrected chi connectivity index (χ1v) is 10.4.